The summed E-state index contributed by atoms with van der Waals surface area (Å²) in [4.78, 5) is 19.0. The topological polar surface area (TPSA) is 56.3 Å². The molecule has 4 atom stereocenters. The van der Waals surface area contributed by atoms with Gasteiger partial charge >= 0.3 is 0 Å². The van der Waals surface area contributed by atoms with Crippen LogP contribution in [0.3, 0.4) is 0 Å². The monoisotopic (exact) mass is 402 g/mol. The number of benzene rings is 1. The van der Waals surface area contributed by atoms with E-state index in [1.165, 1.54) is 12.8 Å². The molecule has 2 fully saturated rings. The van der Waals surface area contributed by atoms with Crippen molar-refractivity contribution in [1.82, 2.24) is 9.88 Å². The van der Waals surface area contributed by atoms with Gasteiger partial charge in [-0.15, -0.1) is 0 Å². The molecule has 0 spiro atoms. The lowest BCUT2D eigenvalue weighted by Gasteiger charge is -2.48. The minimum absolute atomic E-state index is 0.0947. The van der Waals surface area contributed by atoms with E-state index < -0.39 is 0 Å². The number of rotatable bonds is 5. The van der Waals surface area contributed by atoms with Gasteiger partial charge in [-0.05, 0) is 62.1 Å². The number of likely N-dealkylation sites (tertiary alicyclic amines) is 1. The lowest BCUT2D eigenvalue weighted by Crippen LogP contribution is -2.54. The van der Waals surface area contributed by atoms with E-state index in [0.29, 0.717) is 18.9 Å². The van der Waals surface area contributed by atoms with E-state index in [1.54, 1.807) is 0 Å². The first kappa shape index (κ1) is 19.8. The Morgan fingerprint density at radius 1 is 1.36 bits per heavy atom. The van der Waals surface area contributed by atoms with E-state index in [2.05, 4.69) is 23.7 Å². The molecule has 28 heavy (non-hydrogen) atoms. The van der Waals surface area contributed by atoms with Crippen LogP contribution in [-0.4, -0.2) is 39.6 Å². The van der Waals surface area contributed by atoms with Crippen molar-refractivity contribution in [2.45, 2.75) is 76.8 Å². The van der Waals surface area contributed by atoms with Gasteiger partial charge in [0.15, 0.2) is 0 Å². The summed E-state index contributed by atoms with van der Waals surface area (Å²) in [7, 11) is 0. The molecule has 2 heterocycles. The number of aromatic nitrogens is 1. The molecule has 1 aliphatic heterocycles. The number of piperidine rings is 1. The minimum Gasteiger partial charge on any atom is -0.396 e. The Hall–Kier alpha value is -1.52. The van der Waals surface area contributed by atoms with Gasteiger partial charge in [0.1, 0.15) is 0 Å². The zero-order valence-corrected chi connectivity index (χ0v) is 17.6. The van der Waals surface area contributed by atoms with Crippen LogP contribution in [-0.2, 0) is 4.79 Å². The Balaban J connectivity index is 1.58. The highest BCUT2D eigenvalue weighted by molar-refractivity contribution is 6.35. The Morgan fingerprint density at radius 2 is 2.18 bits per heavy atom. The van der Waals surface area contributed by atoms with Gasteiger partial charge in [0.25, 0.3) is 0 Å². The minimum atomic E-state index is 0.0947. The van der Waals surface area contributed by atoms with E-state index in [1.807, 2.05) is 18.2 Å². The number of H-pyrrole nitrogens is 1. The number of nitrogens with one attached hydrogen (secondary N) is 1. The molecule has 4 rings (SSSR count). The maximum Gasteiger partial charge on any atom is 0.223 e. The Kier molecular flexibility index (Phi) is 5.71. The number of aromatic amines is 1. The third-order valence-electron chi connectivity index (χ3n) is 6.88. The van der Waals surface area contributed by atoms with Gasteiger partial charge in [-0.3, -0.25) is 4.79 Å². The fraction of sp³-hybridized carbons (Fsp3) is 0.609. The zero-order chi connectivity index (χ0) is 19.8. The molecule has 2 bridgehead atoms. The molecule has 1 aromatic heterocycles. The molecule has 1 aromatic carbocycles. The van der Waals surface area contributed by atoms with Crippen molar-refractivity contribution in [3.8, 4) is 0 Å². The molecular formula is C23H31ClN2O2. The van der Waals surface area contributed by atoms with E-state index >= 15 is 0 Å². The molecule has 2 aliphatic rings. The molecule has 1 aliphatic carbocycles. The average Bonchev–Trinajstić information content (AvgIpc) is 2.99. The van der Waals surface area contributed by atoms with Crippen LogP contribution in [0.4, 0.5) is 0 Å². The van der Waals surface area contributed by atoms with Crippen LogP contribution in [0, 0.1) is 12.8 Å². The zero-order valence-electron chi connectivity index (χ0n) is 16.9. The number of hydrogen-bond acceptors (Lipinski definition) is 2. The number of aliphatic hydroxyl groups excluding tert-OH is 1. The molecule has 5 heteroatoms. The molecule has 2 aromatic rings. The number of hydrogen-bond donors (Lipinski definition) is 2. The molecule has 4 unspecified atom stereocenters. The van der Waals surface area contributed by atoms with Gasteiger partial charge in [0, 0.05) is 41.7 Å². The van der Waals surface area contributed by atoms with Crippen LogP contribution < -0.4 is 0 Å². The number of nitrogens with zero attached hydrogens (tertiary/aromatic N) is 1. The summed E-state index contributed by atoms with van der Waals surface area (Å²) < 4.78 is 0. The highest BCUT2D eigenvalue weighted by Gasteiger charge is 2.40. The second-order valence-corrected chi connectivity index (χ2v) is 9.23. The number of amides is 1. The molecule has 2 N–H and O–H groups in total. The Bertz CT molecular complexity index is 862. The van der Waals surface area contributed by atoms with Crippen LogP contribution in [0.25, 0.3) is 10.9 Å². The first-order valence-electron chi connectivity index (χ1n) is 10.7. The summed E-state index contributed by atoms with van der Waals surface area (Å²) in [5, 5.41) is 11.3. The van der Waals surface area contributed by atoms with E-state index in [0.717, 1.165) is 52.4 Å². The van der Waals surface area contributed by atoms with Gasteiger partial charge in [-0.1, -0.05) is 37.4 Å². The van der Waals surface area contributed by atoms with E-state index in [4.69, 9.17) is 11.6 Å². The van der Waals surface area contributed by atoms with Crippen LogP contribution >= 0.6 is 11.6 Å². The molecule has 1 saturated heterocycles. The number of halogens is 1. The number of carbonyl (C=O) groups is 1. The highest BCUT2D eigenvalue weighted by Crippen LogP contribution is 2.41. The van der Waals surface area contributed by atoms with E-state index in [9.17, 15) is 9.90 Å². The second-order valence-electron chi connectivity index (χ2n) is 8.82. The molecule has 0 radical (unpaired) electrons. The lowest BCUT2D eigenvalue weighted by molar-refractivity contribution is -0.142. The molecule has 1 saturated carbocycles. The van der Waals surface area contributed by atoms with Gasteiger partial charge in [-0.2, -0.15) is 0 Å². The van der Waals surface area contributed by atoms with Crippen molar-refractivity contribution >= 4 is 28.4 Å². The predicted octanol–water partition coefficient (Wildman–Crippen LogP) is 5.17. The van der Waals surface area contributed by atoms with Crippen LogP contribution in [0.2, 0.25) is 5.02 Å². The van der Waals surface area contributed by atoms with Crippen molar-refractivity contribution in [3.63, 3.8) is 0 Å². The van der Waals surface area contributed by atoms with Crippen molar-refractivity contribution in [3.05, 3.63) is 34.5 Å². The maximum atomic E-state index is 13.4. The Labute approximate surface area is 172 Å². The summed E-state index contributed by atoms with van der Waals surface area (Å²) in [5.41, 5.74) is 3.28. The summed E-state index contributed by atoms with van der Waals surface area (Å²) >= 11 is 6.50. The number of aliphatic hydroxyl groups is 1. The number of carbonyl (C=O) groups excluding carboxylic acids is 1. The molecule has 152 valence electrons. The summed E-state index contributed by atoms with van der Waals surface area (Å²) in [6.45, 7) is 4.35. The van der Waals surface area contributed by atoms with Crippen molar-refractivity contribution in [1.29, 1.82) is 0 Å². The fourth-order valence-corrected chi connectivity index (χ4v) is 6.06. The van der Waals surface area contributed by atoms with Gasteiger partial charge in [0.2, 0.25) is 5.91 Å². The summed E-state index contributed by atoms with van der Waals surface area (Å²) in [6.07, 6.45) is 6.99. The smallest absolute Gasteiger partial charge is 0.223 e. The van der Waals surface area contributed by atoms with Crippen LogP contribution in [0.15, 0.2) is 18.2 Å². The first-order chi connectivity index (χ1) is 13.5. The molecular weight excluding hydrogens is 372 g/mol. The van der Waals surface area contributed by atoms with Gasteiger partial charge < -0.3 is 15.0 Å². The van der Waals surface area contributed by atoms with Gasteiger partial charge in [-0.25, -0.2) is 0 Å². The molecule has 1 amide bonds. The standard InChI is InChI=1S/C23H31ClN2O2/c1-14(22-15(2)25-20-8-4-7-19(24)23(20)22)11-21(28)26-17-6-3-5-16(12-17)13-18(26)9-10-27/h4,7-8,14,16-18,25,27H,3,5-6,9-13H2,1-2H3. The average molecular weight is 403 g/mol. The highest BCUT2D eigenvalue weighted by atomic mass is 35.5. The third-order valence-corrected chi connectivity index (χ3v) is 7.20. The van der Waals surface area contributed by atoms with E-state index in [-0.39, 0.29) is 24.5 Å². The lowest BCUT2D eigenvalue weighted by atomic mass is 9.75. The maximum absolute atomic E-state index is 13.4. The van der Waals surface area contributed by atoms with Crippen LogP contribution in [0.5, 0.6) is 0 Å². The first-order valence-corrected chi connectivity index (χ1v) is 11.1. The predicted molar refractivity (Wildman–Crippen MR) is 114 cm³/mol. The number of fused-ring (bicyclic) bond motifs is 3. The summed E-state index contributed by atoms with van der Waals surface area (Å²) in [6, 6.07) is 6.46. The molecule has 4 nitrogen and oxygen atoms in total. The largest absolute Gasteiger partial charge is 0.396 e. The fourth-order valence-electron chi connectivity index (χ4n) is 5.78. The quantitative estimate of drug-likeness (QED) is 0.725. The number of aryl methyl sites for hydroxylation is 1. The summed E-state index contributed by atoms with van der Waals surface area (Å²) in [5.74, 6) is 1.06. The Morgan fingerprint density at radius 3 is 2.96 bits per heavy atom. The SMILES string of the molecule is Cc1[nH]c2cccc(Cl)c2c1C(C)CC(=O)N1C(CCO)CC2CCCC1C2. The van der Waals surface area contributed by atoms with Crippen molar-refractivity contribution in [2.75, 3.05) is 6.61 Å². The second kappa shape index (κ2) is 8.08. The van der Waals surface area contributed by atoms with Crippen LogP contribution in [0.1, 0.15) is 69.0 Å². The normalized spacial score (nSPS) is 25.9. The third kappa shape index (κ3) is 3.57. The van der Waals surface area contributed by atoms with Crippen molar-refractivity contribution < 1.29 is 9.90 Å². The van der Waals surface area contributed by atoms with Gasteiger partial charge in [0.05, 0.1) is 5.02 Å². The van der Waals surface area contributed by atoms with Crippen molar-refractivity contribution in [2.24, 2.45) is 5.92 Å².